The maximum Gasteiger partial charge on any atom is 0.253 e. The van der Waals surface area contributed by atoms with Crippen molar-refractivity contribution in [2.45, 2.75) is 45.3 Å². The van der Waals surface area contributed by atoms with Gasteiger partial charge in [0.2, 0.25) is 10.0 Å². The molecule has 1 aliphatic heterocycles. The normalized spacial score (nSPS) is 15.6. The van der Waals surface area contributed by atoms with Gasteiger partial charge >= 0.3 is 0 Å². The van der Waals surface area contributed by atoms with Crippen LogP contribution in [0, 0.1) is 34.6 Å². The van der Waals surface area contributed by atoms with Crippen molar-refractivity contribution in [3.8, 4) is 0 Å². The Morgan fingerprint density at radius 1 is 0.758 bits per heavy atom. The Bertz CT molecular complexity index is 1260. The van der Waals surface area contributed by atoms with Gasteiger partial charge in [0.1, 0.15) is 0 Å². The fourth-order valence-corrected chi connectivity index (χ4v) is 7.12. The van der Waals surface area contributed by atoms with Crippen molar-refractivity contribution in [3.63, 3.8) is 0 Å². The molecule has 0 unspecified atom stereocenters. The molecule has 9 heteroatoms. The van der Waals surface area contributed by atoms with Crippen molar-refractivity contribution < 1.29 is 21.6 Å². The van der Waals surface area contributed by atoms with Crippen LogP contribution < -0.4 is 0 Å². The third-order valence-corrected chi connectivity index (χ3v) is 9.72. The molecule has 3 rings (SSSR count). The van der Waals surface area contributed by atoms with E-state index in [2.05, 4.69) is 0 Å². The molecule has 2 aromatic carbocycles. The third-order valence-electron chi connectivity index (χ3n) is 6.68. The SMILES string of the molecule is Cc1c(C)c(C)c(S(=O)(=O)N2CCN(C(=O)c3ccc(CS(C)(=O)=O)cc3)CC2)c(C)c1C. The maximum atomic E-state index is 13.5. The Balaban J connectivity index is 1.75. The van der Waals surface area contributed by atoms with Crippen molar-refractivity contribution in [2.24, 2.45) is 0 Å². The van der Waals surface area contributed by atoms with Crippen LogP contribution in [0.1, 0.15) is 43.7 Å². The predicted molar refractivity (Wildman–Crippen MR) is 130 cm³/mol. The van der Waals surface area contributed by atoms with Gasteiger partial charge in [0.05, 0.1) is 10.6 Å². The van der Waals surface area contributed by atoms with Crippen LogP contribution in [0.15, 0.2) is 29.2 Å². The summed E-state index contributed by atoms with van der Waals surface area (Å²) in [6.07, 6.45) is 1.17. The van der Waals surface area contributed by atoms with Gasteiger partial charge < -0.3 is 4.90 Å². The van der Waals surface area contributed by atoms with E-state index in [1.54, 1.807) is 29.2 Å². The number of sulfone groups is 1. The number of benzene rings is 2. The molecule has 7 nitrogen and oxygen atoms in total. The number of nitrogens with zero attached hydrogens (tertiary/aromatic N) is 2. The van der Waals surface area contributed by atoms with Crippen molar-refractivity contribution in [2.75, 3.05) is 32.4 Å². The highest BCUT2D eigenvalue weighted by Gasteiger charge is 2.33. The molecule has 1 fully saturated rings. The lowest BCUT2D eigenvalue weighted by Gasteiger charge is -2.35. The number of piperazine rings is 1. The zero-order valence-corrected chi connectivity index (χ0v) is 21.7. The van der Waals surface area contributed by atoms with Crippen LogP contribution >= 0.6 is 0 Å². The largest absolute Gasteiger partial charge is 0.336 e. The second-order valence-corrected chi connectivity index (χ2v) is 12.9. The first kappa shape index (κ1) is 25.4. The quantitative estimate of drug-likeness (QED) is 0.640. The Hall–Kier alpha value is -2.23. The summed E-state index contributed by atoms with van der Waals surface area (Å²) >= 11 is 0. The Labute approximate surface area is 197 Å². The van der Waals surface area contributed by atoms with Crippen LogP contribution in [0.25, 0.3) is 0 Å². The van der Waals surface area contributed by atoms with Crippen LogP contribution in [-0.2, 0) is 25.6 Å². The lowest BCUT2D eigenvalue weighted by Crippen LogP contribution is -2.50. The van der Waals surface area contributed by atoms with Crippen LogP contribution in [0.2, 0.25) is 0 Å². The van der Waals surface area contributed by atoms with E-state index >= 15 is 0 Å². The minimum absolute atomic E-state index is 0.0746. The summed E-state index contributed by atoms with van der Waals surface area (Å²) in [7, 11) is -6.83. The van der Waals surface area contributed by atoms with Gasteiger partial charge in [-0.3, -0.25) is 4.79 Å². The fraction of sp³-hybridized carbons (Fsp3) is 0.458. The highest BCUT2D eigenvalue weighted by atomic mass is 32.2. The number of carbonyl (C=O) groups is 1. The third kappa shape index (κ3) is 5.15. The van der Waals surface area contributed by atoms with E-state index in [-0.39, 0.29) is 24.7 Å². The molecule has 0 saturated carbocycles. The molecular formula is C24H32N2O5S2. The summed E-state index contributed by atoms with van der Waals surface area (Å²) in [4.78, 5) is 14.9. The zero-order valence-electron chi connectivity index (χ0n) is 20.1. The molecule has 0 aromatic heterocycles. The monoisotopic (exact) mass is 492 g/mol. The topological polar surface area (TPSA) is 91.8 Å². The molecule has 33 heavy (non-hydrogen) atoms. The molecule has 0 spiro atoms. The van der Waals surface area contributed by atoms with Crippen molar-refractivity contribution in [1.82, 2.24) is 9.21 Å². The van der Waals surface area contributed by atoms with Crippen molar-refractivity contribution >= 4 is 25.8 Å². The summed E-state index contributed by atoms with van der Waals surface area (Å²) in [5.41, 5.74) is 5.74. The van der Waals surface area contributed by atoms with E-state index in [0.717, 1.165) is 27.8 Å². The van der Waals surface area contributed by atoms with Crippen LogP contribution in [0.3, 0.4) is 0 Å². The lowest BCUT2D eigenvalue weighted by molar-refractivity contribution is 0.0698. The number of hydrogen-bond donors (Lipinski definition) is 0. The molecule has 0 aliphatic carbocycles. The summed E-state index contributed by atoms with van der Waals surface area (Å²) in [6.45, 7) is 10.7. The van der Waals surface area contributed by atoms with Gasteiger partial charge in [-0.25, -0.2) is 16.8 Å². The average Bonchev–Trinajstić information content (AvgIpc) is 2.75. The zero-order chi connectivity index (χ0) is 24.7. The van der Waals surface area contributed by atoms with Gasteiger partial charge in [-0.2, -0.15) is 4.31 Å². The van der Waals surface area contributed by atoms with Crippen LogP contribution in [0.4, 0.5) is 0 Å². The number of carbonyl (C=O) groups excluding carboxylic acids is 1. The molecule has 1 amide bonds. The smallest absolute Gasteiger partial charge is 0.253 e. The van der Waals surface area contributed by atoms with E-state index in [1.807, 2.05) is 34.6 Å². The van der Waals surface area contributed by atoms with Crippen molar-refractivity contribution in [3.05, 3.63) is 63.2 Å². The molecule has 2 aromatic rings. The molecular weight excluding hydrogens is 460 g/mol. The van der Waals surface area contributed by atoms with Gasteiger partial charge in [0.25, 0.3) is 5.91 Å². The molecule has 180 valence electrons. The first-order chi connectivity index (χ1) is 15.2. The average molecular weight is 493 g/mol. The molecule has 0 bridgehead atoms. The number of amides is 1. The molecule has 1 aliphatic rings. The van der Waals surface area contributed by atoms with E-state index in [4.69, 9.17) is 0 Å². The van der Waals surface area contributed by atoms with E-state index < -0.39 is 19.9 Å². The Morgan fingerprint density at radius 3 is 1.67 bits per heavy atom. The second-order valence-electron chi connectivity index (χ2n) is 8.92. The minimum atomic E-state index is -3.68. The number of rotatable bonds is 5. The molecule has 0 radical (unpaired) electrons. The predicted octanol–water partition coefficient (Wildman–Crippen LogP) is 2.92. The first-order valence-corrected chi connectivity index (χ1v) is 14.4. The molecule has 1 heterocycles. The van der Waals surface area contributed by atoms with Gasteiger partial charge in [0, 0.05) is 38.0 Å². The molecule has 1 saturated heterocycles. The minimum Gasteiger partial charge on any atom is -0.336 e. The number of hydrogen-bond acceptors (Lipinski definition) is 5. The molecule has 0 atom stereocenters. The van der Waals surface area contributed by atoms with Gasteiger partial charge in [-0.05, 0) is 80.1 Å². The lowest BCUT2D eigenvalue weighted by atomic mass is 9.95. The van der Waals surface area contributed by atoms with Gasteiger partial charge in [0.15, 0.2) is 9.84 Å². The Morgan fingerprint density at radius 2 is 1.21 bits per heavy atom. The van der Waals surface area contributed by atoms with E-state index in [0.29, 0.717) is 29.1 Å². The highest BCUT2D eigenvalue weighted by Crippen LogP contribution is 2.32. The summed E-state index contributed by atoms with van der Waals surface area (Å²) < 4.78 is 51.4. The molecule has 0 N–H and O–H groups in total. The second kappa shape index (κ2) is 9.19. The summed E-state index contributed by atoms with van der Waals surface area (Å²) in [5, 5.41) is 0. The van der Waals surface area contributed by atoms with Crippen molar-refractivity contribution in [1.29, 1.82) is 0 Å². The van der Waals surface area contributed by atoms with E-state index in [9.17, 15) is 21.6 Å². The highest BCUT2D eigenvalue weighted by molar-refractivity contribution is 7.90. The van der Waals surface area contributed by atoms with Gasteiger partial charge in [-0.1, -0.05) is 12.1 Å². The summed E-state index contributed by atoms with van der Waals surface area (Å²) in [5.74, 6) is -0.262. The van der Waals surface area contributed by atoms with Gasteiger partial charge in [-0.15, -0.1) is 0 Å². The van der Waals surface area contributed by atoms with Crippen LogP contribution in [0.5, 0.6) is 0 Å². The summed E-state index contributed by atoms with van der Waals surface area (Å²) in [6, 6.07) is 6.53. The standard InChI is InChI=1S/C24H32N2O5S2/c1-16-17(2)19(4)23(20(5)18(16)3)33(30,31)26-13-11-25(12-14-26)24(27)22-9-7-21(8-10-22)15-32(6,28)29/h7-10H,11-15H2,1-6H3. The maximum absolute atomic E-state index is 13.5. The fourth-order valence-electron chi connectivity index (χ4n) is 4.34. The van der Waals surface area contributed by atoms with Crippen LogP contribution in [-0.4, -0.2) is 64.4 Å². The first-order valence-electron chi connectivity index (χ1n) is 10.9. The number of sulfonamides is 1. The Kier molecular flexibility index (Phi) is 7.07. The van der Waals surface area contributed by atoms with E-state index in [1.165, 1.54) is 10.6 Å².